The summed E-state index contributed by atoms with van der Waals surface area (Å²) in [6.45, 7) is 4.05. The van der Waals surface area contributed by atoms with Gasteiger partial charge in [0, 0.05) is 15.1 Å². The third-order valence-corrected chi connectivity index (χ3v) is 3.92. The van der Waals surface area contributed by atoms with Gasteiger partial charge in [-0.25, -0.2) is 4.98 Å². The lowest BCUT2D eigenvalue weighted by Crippen LogP contribution is -1.87. The van der Waals surface area contributed by atoms with Crippen LogP contribution in [0.4, 0.5) is 0 Å². The number of halogens is 1. The second-order valence-corrected chi connectivity index (χ2v) is 5.93. The predicted octanol–water partition coefficient (Wildman–Crippen LogP) is 4.48. The Morgan fingerprint density at radius 3 is 2.61 bits per heavy atom. The first kappa shape index (κ1) is 13.1. The van der Waals surface area contributed by atoms with Gasteiger partial charge in [0.2, 0.25) is 0 Å². The maximum Gasteiger partial charge on any atom is 0.101 e. The third-order valence-electron chi connectivity index (χ3n) is 2.36. The summed E-state index contributed by atoms with van der Waals surface area (Å²) in [5.41, 5.74) is 2.87. The van der Waals surface area contributed by atoms with Crippen molar-refractivity contribution in [3.63, 3.8) is 0 Å². The van der Waals surface area contributed by atoms with Crippen molar-refractivity contribution in [2.45, 2.75) is 23.8 Å². The average Bonchev–Trinajstić information content (AvgIpc) is 2.27. The molecule has 18 heavy (non-hydrogen) atoms. The Morgan fingerprint density at radius 1 is 1.22 bits per heavy atom. The number of hydrogen-bond acceptors (Lipinski definition) is 3. The van der Waals surface area contributed by atoms with Crippen molar-refractivity contribution < 1.29 is 0 Å². The van der Waals surface area contributed by atoms with Crippen LogP contribution in [0.5, 0.6) is 0 Å². The summed E-state index contributed by atoms with van der Waals surface area (Å²) in [6.07, 6.45) is 0. The molecular weight excluding hydrogens is 308 g/mol. The zero-order chi connectivity index (χ0) is 13.1. The molecule has 0 amide bonds. The SMILES string of the molecule is Cc1cc(C)nc(Sc2ccc(C#N)c(Br)c2)c1. The Balaban J connectivity index is 2.29. The first-order valence-corrected chi connectivity index (χ1v) is 7.02. The fraction of sp³-hybridized carbons (Fsp3) is 0.143. The number of benzene rings is 1. The quantitative estimate of drug-likeness (QED) is 0.818. The zero-order valence-electron chi connectivity index (χ0n) is 10.1. The van der Waals surface area contributed by atoms with Crippen molar-refractivity contribution in [1.29, 1.82) is 5.26 Å². The predicted molar refractivity (Wildman–Crippen MR) is 76.7 cm³/mol. The second kappa shape index (κ2) is 5.55. The molecular formula is C14H11BrN2S. The van der Waals surface area contributed by atoms with Crippen LogP contribution in [0.3, 0.4) is 0 Å². The van der Waals surface area contributed by atoms with Crippen LogP contribution < -0.4 is 0 Å². The fourth-order valence-corrected chi connectivity index (χ4v) is 3.24. The summed E-state index contributed by atoms with van der Waals surface area (Å²) in [5, 5.41) is 9.85. The van der Waals surface area contributed by atoms with Crippen LogP contribution in [-0.4, -0.2) is 4.98 Å². The van der Waals surface area contributed by atoms with E-state index >= 15 is 0 Å². The molecule has 0 radical (unpaired) electrons. The van der Waals surface area contributed by atoms with Crippen molar-refractivity contribution in [2.75, 3.05) is 0 Å². The van der Waals surface area contributed by atoms with E-state index in [1.54, 1.807) is 11.8 Å². The standard InChI is InChI=1S/C14H11BrN2S/c1-9-5-10(2)17-14(6-9)18-12-4-3-11(8-16)13(15)7-12/h3-7H,1-2H3. The Kier molecular flexibility index (Phi) is 4.05. The molecule has 0 spiro atoms. The molecule has 4 heteroatoms. The van der Waals surface area contributed by atoms with Gasteiger partial charge in [0.1, 0.15) is 11.1 Å². The first-order chi connectivity index (χ1) is 8.58. The molecule has 2 rings (SSSR count). The first-order valence-electron chi connectivity index (χ1n) is 5.41. The average molecular weight is 319 g/mol. The van der Waals surface area contributed by atoms with Gasteiger partial charge in [-0.3, -0.25) is 0 Å². The highest BCUT2D eigenvalue weighted by molar-refractivity contribution is 9.10. The van der Waals surface area contributed by atoms with Gasteiger partial charge in [-0.05, 0) is 65.7 Å². The van der Waals surface area contributed by atoms with Crippen LogP contribution in [0.25, 0.3) is 0 Å². The summed E-state index contributed by atoms with van der Waals surface area (Å²) in [6, 6.07) is 11.9. The number of aryl methyl sites for hydroxylation is 2. The van der Waals surface area contributed by atoms with Crippen LogP contribution >= 0.6 is 27.7 Å². The van der Waals surface area contributed by atoms with E-state index in [0.717, 1.165) is 20.1 Å². The molecule has 0 aliphatic heterocycles. The Bertz CT molecular complexity index is 612. The van der Waals surface area contributed by atoms with E-state index < -0.39 is 0 Å². The summed E-state index contributed by atoms with van der Waals surface area (Å²) in [4.78, 5) is 5.55. The van der Waals surface area contributed by atoms with Crippen molar-refractivity contribution >= 4 is 27.7 Å². The number of pyridine rings is 1. The van der Waals surface area contributed by atoms with E-state index in [2.05, 4.69) is 46.0 Å². The summed E-state index contributed by atoms with van der Waals surface area (Å²) >= 11 is 4.99. The van der Waals surface area contributed by atoms with Gasteiger partial charge < -0.3 is 0 Å². The minimum absolute atomic E-state index is 0.646. The van der Waals surface area contributed by atoms with Crippen LogP contribution in [0, 0.1) is 25.2 Å². The van der Waals surface area contributed by atoms with Gasteiger partial charge in [0.15, 0.2) is 0 Å². The number of nitrogens with zero attached hydrogens (tertiary/aromatic N) is 2. The summed E-state index contributed by atoms with van der Waals surface area (Å²) in [5.74, 6) is 0. The highest BCUT2D eigenvalue weighted by Gasteiger charge is 2.04. The van der Waals surface area contributed by atoms with Gasteiger partial charge in [-0.15, -0.1) is 0 Å². The second-order valence-electron chi connectivity index (χ2n) is 3.98. The normalized spacial score (nSPS) is 10.1. The van der Waals surface area contributed by atoms with Crippen molar-refractivity contribution in [2.24, 2.45) is 0 Å². The smallest absolute Gasteiger partial charge is 0.101 e. The van der Waals surface area contributed by atoms with Crippen LogP contribution in [0.2, 0.25) is 0 Å². The minimum atomic E-state index is 0.646. The largest absolute Gasteiger partial charge is 0.246 e. The lowest BCUT2D eigenvalue weighted by atomic mass is 10.2. The molecule has 0 unspecified atom stereocenters. The number of hydrogen-bond donors (Lipinski definition) is 0. The molecule has 0 saturated carbocycles. The van der Waals surface area contributed by atoms with Crippen molar-refractivity contribution in [3.8, 4) is 6.07 Å². The van der Waals surface area contributed by atoms with Gasteiger partial charge >= 0.3 is 0 Å². The van der Waals surface area contributed by atoms with E-state index in [-0.39, 0.29) is 0 Å². The molecule has 90 valence electrons. The van der Waals surface area contributed by atoms with Gasteiger partial charge in [0.25, 0.3) is 0 Å². The van der Waals surface area contributed by atoms with E-state index in [0.29, 0.717) is 5.56 Å². The molecule has 1 heterocycles. The highest BCUT2D eigenvalue weighted by atomic mass is 79.9. The monoisotopic (exact) mass is 318 g/mol. The lowest BCUT2D eigenvalue weighted by molar-refractivity contribution is 1.05. The van der Waals surface area contributed by atoms with E-state index in [9.17, 15) is 0 Å². The van der Waals surface area contributed by atoms with E-state index in [1.807, 2.05) is 25.1 Å². The van der Waals surface area contributed by atoms with Crippen molar-refractivity contribution in [1.82, 2.24) is 4.98 Å². The molecule has 0 fully saturated rings. The number of aromatic nitrogens is 1. The summed E-state index contributed by atoms with van der Waals surface area (Å²) < 4.78 is 0.819. The number of rotatable bonds is 2. The Labute approximate surface area is 119 Å². The third kappa shape index (κ3) is 3.12. The molecule has 0 atom stereocenters. The molecule has 0 bridgehead atoms. The van der Waals surface area contributed by atoms with E-state index in [1.165, 1.54) is 5.56 Å². The number of nitriles is 1. The molecule has 1 aromatic heterocycles. The molecule has 0 aliphatic rings. The molecule has 2 aromatic rings. The maximum atomic E-state index is 8.87. The lowest BCUT2D eigenvalue weighted by Gasteiger charge is -2.05. The van der Waals surface area contributed by atoms with Crippen molar-refractivity contribution in [3.05, 3.63) is 51.6 Å². The van der Waals surface area contributed by atoms with Gasteiger partial charge in [0.05, 0.1) is 5.56 Å². The zero-order valence-corrected chi connectivity index (χ0v) is 12.5. The molecule has 2 nitrogen and oxygen atoms in total. The molecule has 1 aromatic carbocycles. The van der Waals surface area contributed by atoms with Crippen LogP contribution in [-0.2, 0) is 0 Å². The molecule has 0 N–H and O–H groups in total. The molecule has 0 aliphatic carbocycles. The maximum absolute atomic E-state index is 8.87. The van der Waals surface area contributed by atoms with Gasteiger partial charge in [-0.1, -0.05) is 11.8 Å². The Morgan fingerprint density at radius 2 is 2.00 bits per heavy atom. The minimum Gasteiger partial charge on any atom is -0.246 e. The Hall–Kier alpha value is -1.31. The molecule has 0 saturated heterocycles. The fourth-order valence-electron chi connectivity index (χ4n) is 1.63. The highest BCUT2D eigenvalue weighted by Crippen LogP contribution is 2.30. The topological polar surface area (TPSA) is 36.7 Å². The van der Waals surface area contributed by atoms with E-state index in [4.69, 9.17) is 5.26 Å². The van der Waals surface area contributed by atoms with Gasteiger partial charge in [-0.2, -0.15) is 5.26 Å². The summed E-state index contributed by atoms with van der Waals surface area (Å²) in [7, 11) is 0. The van der Waals surface area contributed by atoms with Crippen LogP contribution in [0.1, 0.15) is 16.8 Å². The van der Waals surface area contributed by atoms with Crippen LogP contribution in [0.15, 0.2) is 44.7 Å².